The zero-order chi connectivity index (χ0) is 6.69. The zero-order valence-corrected chi connectivity index (χ0v) is 6.69. The van der Waals surface area contributed by atoms with Gasteiger partial charge in [0.05, 0.1) is 0 Å². The van der Waals surface area contributed by atoms with Crippen molar-refractivity contribution in [3.05, 3.63) is 0 Å². The van der Waals surface area contributed by atoms with Crippen molar-refractivity contribution in [1.29, 1.82) is 0 Å². The van der Waals surface area contributed by atoms with Crippen LogP contribution in [0.3, 0.4) is 0 Å². The molecule has 0 unspecified atom stereocenters. The van der Waals surface area contributed by atoms with E-state index in [2.05, 4.69) is 11.8 Å². The van der Waals surface area contributed by atoms with Crippen molar-refractivity contribution in [2.45, 2.75) is 25.1 Å². The largest absolute Gasteiger partial charge is 0.302 e. The third-order valence-electron chi connectivity index (χ3n) is 1.71. The van der Waals surface area contributed by atoms with Crippen molar-refractivity contribution >= 4 is 11.6 Å². The van der Waals surface area contributed by atoms with Crippen LogP contribution in [0.1, 0.15) is 19.8 Å². The average Bonchev–Trinajstić information content (AvgIpc) is 2.15. The lowest BCUT2D eigenvalue weighted by Gasteiger charge is -2.14. The number of alkyl halides is 1. The van der Waals surface area contributed by atoms with Gasteiger partial charge < -0.3 is 4.90 Å². The molecule has 54 valence electrons. The van der Waals surface area contributed by atoms with E-state index in [0.29, 0.717) is 5.38 Å². The lowest BCUT2D eigenvalue weighted by atomic mass is 10.4. The molecular formula is C7H14ClN. The second-order valence-corrected chi connectivity index (χ2v) is 3.53. The van der Waals surface area contributed by atoms with Crippen molar-refractivity contribution in [2.75, 3.05) is 19.6 Å². The quantitative estimate of drug-likeness (QED) is 0.538. The summed E-state index contributed by atoms with van der Waals surface area (Å²) >= 11 is 5.82. The van der Waals surface area contributed by atoms with Crippen LogP contribution < -0.4 is 0 Å². The van der Waals surface area contributed by atoms with Gasteiger partial charge in [0.25, 0.3) is 0 Å². The molecule has 0 saturated carbocycles. The monoisotopic (exact) mass is 147 g/mol. The van der Waals surface area contributed by atoms with Crippen LogP contribution in [0.15, 0.2) is 0 Å². The number of halogens is 1. The molecule has 1 heterocycles. The zero-order valence-electron chi connectivity index (χ0n) is 5.94. The van der Waals surface area contributed by atoms with Gasteiger partial charge in [0, 0.05) is 11.9 Å². The molecule has 1 atom stereocenters. The molecule has 1 nitrogen and oxygen atoms in total. The van der Waals surface area contributed by atoms with Crippen LogP contribution in [0.25, 0.3) is 0 Å². The van der Waals surface area contributed by atoms with Crippen molar-refractivity contribution in [3.8, 4) is 0 Å². The van der Waals surface area contributed by atoms with E-state index < -0.39 is 0 Å². The summed E-state index contributed by atoms with van der Waals surface area (Å²) in [6.07, 6.45) is 2.73. The third-order valence-corrected chi connectivity index (χ3v) is 1.85. The minimum Gasteiger partial charge on any atom is -0.302 e. The summed E-state index contributed by atoms with van der Waals surface area (Å²) < 4.78 is 0. The van der Waals surface area contributed by atoms with Crippen LogP contribution in [0.4, 0.5) is 0 Å². The molecule has 1 rings (SSSR count). The van der Waals surface area contributed by atoms with E-state index in [4.69, 9.17) is 11.6 Å². The maximum Gasteiger partial charge on any atom is 0.0435 e. The Morgan fingerprint density at radius 1 is 1.44 bits per heavy atom. The van der Waals surface area contributed by atoms with Gasteiger partial charge in [-0.3, -0.25) is 0 Å². The van der Waals surface area contributed by atoms with E-state index in [1.54, 1.807) is 0 Å². The summed E-state index contributed by atoms with van der Waals surface area (Å²) in [5, 5.41) is 0.322. The first-order chi connectivity index (χ1) is 4.29. The van der Waals surface area contributed by atoms with Gasteiger partial charge >= 0.3 is 0 Å². The molecule has 0 N–H and O–H groups in total. The Labute approximate surface area is 62.0 Å². The molecular weight excluding hydrogens is 134 g/mol. The molecule has 2 heteroatoms. The highest BCUT2D eigenvalue weighted by molar-refractivity contribution is 6.20. The number of likely N-dealkylation sites (tertiary alicyclic amines) is 1. The number of hydrogen-bond donors (Lipinski definition) is 0. The van der Waals surface area contributed by atoms with E-state index >= 15 is 0 Å². The van der Waals surface area contributed by atoms with E-state index in [1.165, 1.54) is 25.9 Å². The second-order valence-electron chi connectivity index (χ2n) is 2.79. The van der Waals surface area contributed by atoms with Gasteiger partial charge in [0.1, 0.15) is 0 Å². The topological polar surface area (TPSA) is 3.24 Å². The lowest BCUT2D eigenvalue weighted by molar-refractivity contribution is 0.342. The molecule has 0 bridgehead atoms. The predicted octanol–water partition coefficient (Wildman–Crippen LogP) is 1.71. The van der Waals surface area contributed by atoms with Gasteiger partial charge in [-0.2, -0.15) is 0 Å². The van der Waals surface area contributed by atoms with E-state index in [0.717, 1.165) is 6.54 Å². The molecule has 0 aromatic heterocycles. The van der Waals surface area contributed by atoms with Crippen molar-refractivity contribution in [3.63, 3.8) is 0 Å². The first-order valence-corrected chi connectivity index (χ1v) is 4.09. The molecule has 1 fully saturated rings. The van der Waals surface area contributed by atoms with Gasteiger partial charge in [0.2, 0.25) is 0 Å². The minimum atomic E-state index is 0.322. The molecule has 1 aliphatic heterocycles. The highest BCUT2D eigenvalue weighted by atomic mass is 35.5. The van der Waals surface area contributed by atoms with Gasteiger partial charge in [-0.15, -0.1) is 11.6 Å². The minimum absolute atomic E-state index is 0.322. The Morgan fingerprint density at radius 2 is 2.00 bits per heavy atom. The standard InChI is InChI=1S/C7H14ClN/c1-7(8)6-9-4-2-3-5-9/h7H,2-6H2,1H3/t7-/m0/s1. The number of hydrogen-bond acceptors (Lipinski definition) is 1. The van der Waals surface area contributed by atoms with Gasteiger partial charge in [-0.1, -0.05) is 0 Å². The maximum absolute atomic E-state index is 5.82. The number of rotatable bonds is 2. The van der Waals surface area contributed by atoms with Crippen molar-refractivity contribution in [2.24, 2.45) is 0 Å². The van der Waals surface area contributed by atoms with Crippen LogP contribution in [-0.4, -0.2) is 29.9 Å². The fourth-order valence-corrected chi connectivity index (χ4v) is 1.52. The first-order valence-electron chi connectivity index (χ1n) is 3.65. The fourth-order valence-electron chi connectivity index (χ4n) is 1.32. The van der Waals surface area contributed by atoms with Crippen molar-refractivity contribution in [1.82, 2.24) is 4.90 Å². The summed E-state index contributed by atoms with van der Waals surface area (Å²) in [6, 6.07) is 0. The highest BCUT2D eigenvalue weighted by Crippen LogP contribution is 2.09. The highest BCUT2D eigenvalue weighted by Gasteiger charge is 2.12. The van der Waals surface area contributed by atoms with Crippen LogP contribution in [0, 0.1) is 0 Å². The van der Waals surface area contributed by atoms with Gasteiger partial charge in [-0.25, -0.2) is 0 Å². The number of nitrogens with zero attached hydrogens (tertiary/aromatic N) is 1. The van der Waals surface area contributed by atoms with E-state index in [-0.39, 0.29) is 0 Å². The Morgan fingerprint density at radius 3 is 2.44 bits per heavy atom. The van der Waals surface area contributed by atoms with Gasteiger partial charge in [-0.05, 0) is 32.9 Å². The maximum atomic E-state index is 5.82. The van der Waals surface area contributed by atoms with Crippen LogP contribution >= 0.6 is 11.6 Å². The molecule has 0 amide bonds. The predicted molar refractivity (Wildman–Crippen MR) is 41.0 cm³/mol. The first kappa shape index (κ1) is 7.36. The van der Waals surface area contributed by atoms with E-state index in [9.17, 15) is 0 Å². The summed E-state index contributed by atoms with van der Waals surface area (Å²) in [4.78, 5) is 2.43. The Hall–Kier alpha value is 0.250. The molecule has 0 aromatic rings. The van der Waals surface area contributed by atoms with E-state index in [1.807, 2.05) is 0 Å². The summed E-state index contributed by atoms with van der Waals surface area (Å²) in [5.41, 5.74) is 0. The molecule has 1 saturated heterocycles. The summed E-state index contributed by atoms with van der Waals surface area (Å²) in [5.74, 6) is 0. The lowest BCUT2D eigenvalue weighted by Crippen LogP contribution is -2.25. The summed E-state index contributed by atoms with van der Waals surface area (Å²) in [6.45, 7) is 5.65. The molecule has 0 aliphatic carbocycles. The Bertz CT molecular complexity index is 77.0. The fraction of sp³-hybridized carbons (Fsp3) is 1.00. The van der Waals surface area contributed by atoms with Crippen LogP contribution in [0.5, 0.6) is 0 Å². The van der Waals surface area contributed by atoms with Crippen LogP contribution in [-0.2, 0) is 0 Å². The second kappa shape index (κ2) is 3.43. The Kier molecular flexibility index (Phi) is 2.80. The SMILES string of the molecule is C[C@H](Cl)CN1CCCC1. The normalized spacial score (nSPS) is 24.7. The smallest absolute Gasteiger partial charge is 0.0435 e. The molecule has 9 heavy (non-hydrogen) atoms. The molecule has 1 aliphatic rings. The molecule has 0 radical (unpaired) electrons. The third kappa shape index (κ3) is 2.55. The van der Waals surface area contributed by atoms with Gasteiger partial charge in [0.15, 0.2) is 0 Å². The Balaban J connectivity index is 2.11. The average molecular weight is 148 g/mol. The molecule has 0 aromatic carbocycles. The van der Waals surface area contributed by atoms with Crippen molar-refractivity contribution < 1.29 is 0 Å². The molecule has 0 spiro atoms. The van der Waals surface area contributed by atoms with Crippen LogP contribution in [0.2, 0.25) is 0 Å². The summed E-state index contributed by atoms with van der Waals surface area (Å²) in [7, 11) is 0.